The molecule has 1 fully saturated rings. The fourth-order valence-electron chi connectivity index (χ4n) is 2.52. The molecule has 1 aliphatic heterocycles. The van der Waals surface area contributed by atoms with E-state index in [4.69, 9.17) is 5.73 Å². The van der Waals surface area contributed by atoms with E-state index >= 15 is 0 Å². The third-order valence-corrected chi connectivity index (χ3v) is 3.71. The first kappa shape index (κ1) is 15.0. The Morgan fingerprint density at radius 3 is 2.81 bits per heavy atom. The summed E-state index contributed by atoms with van der Waals surface area (Å²) in [4.78, 5) is 37.3. The molecule has 3 N–H and O–H groups in total. The number of imide groups is 1. The molecule has 0 saturated carbocycles. The zero-order chi connectivity index (χ0) is 15.6. The number of benzene rings is 1. The molecule has 0 spiro atoms. The van der Waals surface area contributed by atoms with Crippen molar-refractivity contribution in [3.05, 3.63) is 29.8 Å². The Morgan fingerprint density at radius 1 is 1.48 bits per heavy atom. The van der Waals surface area contributed by atoms with E-state index in [2.05, 4.69) is 5.32 Å². The van der Waals surface area contributed by atoms with Crippen LogP contribution in [0.4, 0.5) is 5.69 Å². The van der Waals surface area contributed by atoms with Crippen molar-refractivity contribution in [2.75, 3.05) is 12.3 Å². The molecule has 21 heavy (non-hydrogen) atoms. The number of rotatable bonds is 3. The van der Waals surface area contributed by atoms with Crippen molar-refractivity contribution in [2.45, 2.75) is 32.2 Å². The third kappa shape index (κ3) is 3.04. The van der Waals surface area contributed by atoms with Crippen LogP contribution in [0.15, 0.2) is 24.3 Å². The van der Waals surface area contributed by atoms with E-state index in [-0.39, 0.29) is 12.5 Å². The molecular formula is C15H19N3O3. The molecule has 1 saturated heterocycles. The minimum absolute atomic E-state index is 0.0876. The topological polar surface area (TPSA) is 92.5 Å². The lowest BCUT2D eigenvalue weighted by atomic mass is 9.97. The number of nitrogens with one attached hydrogen (secondary N) is 1. The van der Waals surface area contributed by atoms with Crippen molar-refractivity contribution in [1.82, 2.24) is 10.2 Å². The van der Waals surface area contributed by atoms with Crippen LogP contribution < -0.4 is 11.1 Å². The van der Waals surface area contributed by atoms with Gasteiger partial charge in [-0.1, -0.05) is 19.1 Å². The molecule has 0 radical (unpaired) electrons. The minimum Gasteiger partial charge on any atom is -0.399 e. The van der Waals surface area contributed by atoms with Gasteiger partial charge in [-0.15, -0.1) is 0 Å². The van der Waals surface area contributed by atoms with Gasteiger partial charge in [0.05, 0.1) is 5.92 Å². The summed E-state index contributed by atoms with van der Waals surface area (Å²) >= 11 is 0. The molecule has 1 aromatic rings. The van der Waals surface area contributed by atoms with E-state index < -0.39 is 23.8 Å². The highest BCUT2D eigenvalue weighted by molar-refractivity contribution is 6.04. The van der Waals surface area contributed by atoms with E-state index in [0.717, 1.165) is 5.56 Å². The Balaban J connectivity index is 2.24. The number of hydrogen-bond acceptors (Lipinski definition) is 4. The summed E-state index contributed by atoms with van der Waals surface area (Å²) < 4.78 is 0. The number of nitrogens with two attached hydrogens (primary N) is 1. The minimum atomic E-state index is -0.598. The summed E-state index contributed by atoms with van der Waals surface area (Å²) in [5.41, 5.74) is 7.08. The number of piperazine rings is 1. The van der Waals surface area contributed by atoms with Gasteiger partial charge in [-0.3, -0.25) is 19.7 Å². The summed E-state index contributed by atoms with van der Waals surface area (Å²) in [5, 5.41) is 2.26. The molecule has 6 heteroatoms. The zero-order valence-corrected chi connectivity index (χ0v) is 12.1. The highest BCUT2D eigenvalue weighted by Gasteiger charge is 2.37. The first-order valence-corrected chi connectivity index (χ1v) is 6.93. The van der Waals surface area contributed by atoms with E-state index in [0.29, 0.717) is 12.1 Å². The molecule has 1 heterocycles. The van der Waals surface area contributed by atoms with Crippen molar-refractivity contribution in [3.8, 4) is 0 Å². The molecule has 112 valence electrons. The number of carbonyl (C=O) groups excluding carboxylic acids is 3. The Kier molecular flexibility index (Phi) is 4.26. The molecule has 6 nitrogen and oxygen atoms in total. The highest BCUT2D eigenvalue weighted by atomic mass is 16.2. The summed E-state index contributed by atoms with van der Waals surface area (Å²) in [6, 6.07) is 6.47. The SMILES string of the molecule is CCC1C(=O)NC(=O)CN1C(=O)C(C)c1cccc(N)c1. The molecule has 1 aromatic carbocycles. The fraction of sp³-hybridized carbons (Fsp3) is 0.400. The molecule has 2 unspecified atom stereocenters. The maximum absolute atomic E-state index is 12.6. The fourth-order valence-corrected chi connectivity index (χ4v) is 2.52. The number of nitrogens with zero attached hydrogens (tertiary/aromatic N) is 1. The number of amides is 3. The Morgan fingerprint density at radius 2 is 2.19 bits per heavy atom. The summed E-state index contributed by atoms with van der Waals surface area (Å²) in [6.45, 7) is 3.47. The van der Waals surface area contributed by atoms with Crippen molar-refractivity contribution in [2.24, 2.45) is 0 Å². The lowest BCUT2D eigenvalue weighted by Crippen LogP contribution is -2.60. The predicted octanol–water partition coefficient (Wildman–Crippen LogP) is 0.636. The average molecular weight is 289 g/mol. The molecule has 2 atom stereocenters. The third-order valence-electron chi connectivity index (χ3n) is 3.71. The van der Waals surface area contributed by atoms with E-state index in [1.54, 1.807) is 25.1 Å². The molecule has 3 amide bonds. The van der Waals surface area contributed by atoms with Gasteiger partial charge in [0.2, 0.25) is 17.7 Å². The second-order valence-electron chi connectivity index (χ2n) is 5.19. The van der Waals surface area contributed by atoms with Crippen LogP contribution in [-0.2, 0) is 14.4 Å². The average Bonchev–Trinajstić information content (AvgIpc) is 2.45. The van der Waals surface area contributed by atoms with E-state index in [9.17, 15) is 14.4 Å². The van der Waals surface area contributed by atoms with Crippen LogP contribution in [0.3, 0.4) is 0 Å². The zero-order valence-electron chi connectivity index (χ0n) is 12.1. The van der Waals surface area contributed by atoms with Crippen molar-refractivity contribution in [3.63, 3.8) is 0 Å². The van der Waals surface area contributed by atoms with Gasteiger partial charge < -0.3 is 10.6 Å². The molecule has 1 aliphatic rings. The van der Waals surface area contributed by atoms with Gasteiger partial charge in [-0.25, -0.2) is 0 Å². The van der Waals surface area contributed by atoms with E-state index in [1.807, 2.05) is 13.0 Å². The van der Waals surface area contributed by atoms with Crippen LogP contribution in [0.5, 0.6) is 0 Å². The van der Waals surface area contributed by atoms with Gasteiger partial charge in [0.1, 0.15) is 12.6 Å². The monoisotopic (exact) mass is 289 g/mol. The predicted molar refractivity (Wildman–Crippen MR) is 78.2 cm³/mol. The van der Waals surface area contributed by atoms with Crippen LogP contribution in [0.2, 0.25) is 0 Å². The van der Waals surface area contributed by atoms with Crippen LogP contribution >= 0.6 is 0 Å². The van der Waals surface area contributed by atoms with Gasteiger partial charge in [0.15, 0.2) is 0 Å². The Hall–Kier alpha value is -2.37. The maximum Gasteiger partial charge on any atom is 0.249 e. The van der Waals surface area contributed by atoms with Crippen LogP contribution in [0.1, 0.15) is 31.7 Å². The first-order chi connectivity index (χ1) is 9.93. The van der Waals surface area contributed by atoms with Crippen molar-refractivity contribution < 1.29 is 14.4 Å². The van der Waals surface area contributed by atoms with Gasteiger partial charge in [0, 0.05) is 5.69 Å². The Labute approximate surface area is 123 Å². The smallest absolute Gasteiger partial charge is 0.249 e. The molecule has 0 bridgehead atoms. The van der Waals surface area contributed by atoms with Crippen LogP contribution in [0.25, 0.3) is 0 Å². The molecule has 0 aliphatic carbocycles. The van der Waals surface area contributed by atoms with Gasteiger partial charge in [-0.2, -0.15) is 0 Å². The standard InChI is InChI=1S/C15H19N3O3/c1-3-12-14(20)17-13(19)8-18(12)15(21)9(2)10-5-4-6-11(16)7-10/h4-7,9,12H,3,8,16H2,1-2H3,(H,17,19,20). The van der Waals surface area contributed by atoms with Gasteiger partial charge in [-0.05, 0) is 31.0 Å². The van der Waals surface area contributed by atoms with Crippen LogP contribution in [-0.4, -0.2) is 35.2 Å². The molecular weight excluding hydrogens is 270 g/mol. The van der Waals surface area contributed by atoms with E-state index in [1.165, 1.54) is 4.90 Å². The quantitative estimate of drug-likeness (QED) is 0.630. The molecule has 0 aromatic heterocycles. The Bertz CT molecular complexity index is 585. The van der Waals surface area contributed by atoms with Crippen LogP contribution in [0, 0.1) is 0 Å². The lowest BCUT2D eigenvalue weighted by Gasteiger charge is -2.35. The summed E-state index contributed by atoms with van der Waals surface area (Å²) in [5.74, 6) is -1.56. The molecule has 2 rings (SSSR count). The number of carbonyl (C=O) groups is 3. The largest absolute Gasteiger partial charge is 0.399 e. The van der Waals surface area contributed by atoms with Crippen molar-refractivity contribution >= 4 is 23.4 Å². The van der Waals surface area contributed by atoms with Gasteiger partial charge in [0.25, 0.3) is 0 Å². The maximum atomic E-state index is 12.6. The normalized spacial score (nSPS) is 20.1. The lowest BCUT2D eigenvalue weighted by molar-refractivity contribution is -0.150. The second-order valence-corrected chi connectivity index (χ2v) is 5.19. The summed E-state index contributed by atoms with van der Waals surface area (Å²) in [7, 11) is 0. The van der Waals surface area contributed by atoms with Gasteiger partial charge >= 0.3 is 0 Å². The highest BCUT2D eigenvalue weighted by Crippen LogP contribution is 2.22. The van der Waals surface area contributed by atoms with Crippen molar-refractivity contribution in [1.29, 1.82) is 0 Å². The first-order valence-electron chi connectivity index (χ1n) is 6.93. The second kappa shape index (κ2) is 5.95. The number of nitrogen functional groups attached to an aromatic ring is 1. The summed E-state index contributed by atoms with van der Waals surface area (Å²) in [6.07, 6.45) is 0.467. The number of anilines is 1. The number of hydrogen-bond donors (Lipinski definition) is 2.